The van der Waals surface area contributed by atoms with E-state index in [-0.39, 0.29) is 5.56 Å². The van der Waals surface area contributed by atoms with Gasteiger partial charge in [-0.2, -0.15) is 0 Å². The van der Waals surface area contributed by atoms with Crippen LogP contribution in [0.5, 0.6) is 0 Å². The Morgan fingerprint density at radius 1 is 1.22 bits per heavy atom. The molecular weight excluding hydrogens is 368 g/mol. The number of amides is 1. The Morgan fingerprint density at radius 3 is 2.70 bits per heavy atom. The highest BCUT2D eigenvalue weighted by molar-refractivity contribution is 7.17. The molecule has 2 aromatic heterocycles. The van der Waals surface area contributed by atoms with Crippen LogP contribution in [0.25, 0.3) is 0 Å². The molecule has 7 nitrogen and oxygen atoms in total. The number of pyridine rings is 1. The van der Waals surface area contributed by atoms with Gasteiger partial charge in [0.05, 0.1) is 18.2 Å². The predicted molar refractivity (Wildman–Crippen MR) is 100 cm³/mol. The topological polar surface area (TPSA) is 94.6 Å². The number of esters is 2. The fourth-order valence-corrected chi connectivity index (χ4v) is 4.23. The van der Waals surface area contributed by atoms with Crippen molar-refractivity contribution in [1.82, 2.24) is 4.98 Å². The quantitative estimate of drug-likeness (QED) is 0.792. The van der Waals surface area contributed by atoms with E-state index >= 15 is 0 Å². The Balaban J connectivity index is 1.74. The molecule has 0 bridgehead atoms. The van der Waals surface area contributed by atoms with E-state index in [2.05, 4.69) is 10.3 Å². The van der Waals surface area contributed by atoms with E-state index in [0.717, 1.165) is 36.1 Å². The smallest absolute Gasteiger partial charge is 0.341 e. The van der Waals surface area contributed by atoms with Gasteiger partial charge in [0.25, 0.3) is 5.91 Å². The minimum absolute atomic E-state index is 0.263. The van der Waals surface area contributed by atoms with Crippen LogP contribution in [0.2, 0.25) is 0 Å². The number of anilines is 1. The SMILES string of the molecule is COC(=O)c1c(NC(=O)C(C)OC(=O)c2cccnc2)sc2c1CCCC2. The lowest BCUT2D eigenvalue weighted by Crippen LogP contribution is -2.30. The van der Waals surface area contributed by atoms with Crippen LogP contribution >= 0.6 is 11.3 Å². The molecule has 1 aliphatic carbocycles. The maximum absolute atomic E-state index is 12.5. The molecule has 0 spiro atoms. The van der Waals surface area contributed by atoms with Crippen LogP contribution in [0.3, 0.4) is 0 Å². The van der Waals surface area contributed by atoms with E-state index in [0.29, 0.717) is 10.6 Å². The fourth-order valence-electron chi connectivity index (χ4n) is 2.95. The molecule has 1 aliphatic rings. The Morgan fingerprint density at radius 2 is 2.00 bits per heavy atom. The number of hydrogen-bond donors (Lipinski definition) is 1. The zero-order valence-corrected chi connectivity index (χ0v) is 15.9. The van der Waals surface area contributed by atoms with Gasteiger partial charge >= 0.3 is 11.9 Å². The number of nitrogens with one attached hydrogen (secondary N) is 1. The van der Waals surface area contributed by atoms with E-state index in [1.54, 1.807) is 18.3 Å². The van der Waals surface area contributed by atoms with Gasteiger partial charge < -0.3 is 14.8 Å². The molecule has 0 saturated carbocycles. The highest BCUT2D eigenvalue weighted by Gasteiger charge is 2.28. The van der Waals surface area contributed by atoms with Gasteiger partial charge in [-0.25, -0.2) is 9.59 Å². The number of aromatic nitrogens is 1. The average molecular weight is 388 g/mol. The summed E-state index contributed by atoms with van der Waals surface area (Å²) < 4.78 is 10.1. The third-order valence-corrected chi connectivity index (χ3v) is 5.56. The van der Waals surface area contributed by atoms with Gasteiger partial charge in [-0.1, -0.05) is 0 Å². The van der Waals surface area contributed by atoms with E-state index in [9.17, 15) is 14.4 Å². The Hall–Kier alpha value is -2.74. The Kier molecular flexibility index (Phi) is 5.85. The van der Waals surface area contributed by atoms with Crippen LogP contribution in [-0.4, -0.2) is 36.0 Å². The normalized spacial score (nSPS) is 14.0. The number of carbonyl (C=O) groups is 3. The molecule has 8 heteroatoms. The third kappa shape index (κ3) is 4.16. The first-order chi connectivity index (χ1) is 13.0. The number of methoxy groups -OCH3 is 1. The summed E-state index contributed by atoms with van der Waals surface area (Å²) in [6.07, 6.45) is 5.61. The molecule has 0 fully saturated rings. The summed E-state index contributed by atoms with van der Waals surface area (Å²) in [5.74, 6) is -1.61. The molecule has 0 radical (unpaired) electrons. The molecule has 1 atom stereocenters. The molecular formula is C19H20N2O5S. The molecule has 2 aromatic rings. The first kappa shape index (κ1) is 19.0. The van der Waals surface area contributed by atoms with Crippen molar-refractivity contribution in [2.45, 2.75) is 38.7 Å². The molecule has 27 heavy (non-hydrogen) atoms. The zero-order valence-electron chi connectivity index (χ0n) is 15.1. The van der Waals surface area contributed by atoms with Crippen LogP contribution in [0.4, 0.5) is 5.00 Å². The molecule has 3 rings (SSSR count). The number of aryl methyl sites for hydroxylation is 1. The lowest BCUT2D eigenvalue weighted by atomic mass is 9.95. The van der Waals surface area contributed by atoms with Crippen molar-refractivity contribution in [2.24, 2.45) is 0 Å². The van der Waals surface area contributed by atoms with Crippen molar-refractivity contribution in [3.05, 3.63) is 46.1 Å². The van der Waals surface area contributed by atoms with Gasteiger partial charge in [0.2, 0.25) is 0 Å². The number of hydrogen-bond acceptors (Lipinski definition) is 7. The van der Waals surface area contributed by atoms with Gasteiger partial charge in [-0.05, 0) is 50.3 Å². The lowest BCUT2D eigenvalue weighted by molar-refractivity contribution is -0.123. The fraction of sp³-hybridized carbons (Fsp3) is 0.368. The predicted octanol–water partition coefficient (Wildman–Crippen LogP) is 2.99. The second kappa shape index (κ2) is 8.30. The van der Waals surface area contributed by atoms with Crippen LogP contribution < -0.4 is 5.32 Å². The van der Waals surface area contributed by atoms with Crippen molar-refractivity contribution < 1.29 is 23.9 Å². The molecule has 1 amide bonds. The van der Waals surface area contributed by atoms with E-state index in [4.69, 9.17) is 9.47 Å². The summed E-state index contributed by atoms with van der Waals surface area (Å²) in [6, 6.07) is 3.17. The lowest BCUT2D eigenvalue weighted by Gasteiger charge is -2.14. The summed E-state index contributed by atoms with van der Waals surface area (Å²) >= 11 is 1.38. The monoisotopic (exact) mass is 388 g/mol. The van der Waals surface area contributed by atoms with Crippen LogP contribution in [0.1, 0.15) is 50.9 Å². The van der Waals surface area contributed by atoms with Crippen molar-refractivity contribution >= 4 is 34.2 Å². The van der Waals surface area contributed by atoms with Gasteiger partial charge in [-0.3, -0.25) is 9.78 Å². The highest BCUT2D eigenvalue weighted by Crippen LogP contribution is 2.38. The maximum Gasteiger partial charge on any atom is 0.341 e. The zero-order chi connectivity index (χ0) is 19.4. The average Bonchev–Trinajstić information content (AvgIpc) is 3.05. The number of fused-ring (bicyclic) bond motifs is 1. The van der Waals surface area contributed by atoms with Crippen LogP contribution in [-0.2, 0) is 27.1 Å². The molecule has 2 heterocycles. The largest absolute Gasteiger partial charge is 0.465 e. The van der Waals surface area contributed by atoms with Crippen molar-refractivity contribution in [2.75, 3.05) is 12.4 Å². The summed E-state index contributed by atoms with van der Waals surface area (Å²) in [5, 5.41) is 3.17. The number of carbonyl (C=O) groups excluding carboxylic acids is 3. The standard InChI is InChI=1S/C19H20N2O5S/c1-11(26-18(23)12-6-5-9-20-10-12)16(22)21-17-15(19(24)25-2)13-7-3-4-8-14(13)27-17/h5-6,9-11H,3-4,7-8H2,1-2H3,(H,21,22). The molecule has 0 aromatic carbocycles. The second-order valence-corrected chi connectivity index (χ2v) is 7.29. The van der Waals surface area contributed by atoms with Gasteiger partial charge in [0.1, 0.15) is 5.00 Å². The molecule has 142 valence electrons. The number of ether oxygens (including phenoxy) is 2. The summed E-state index contributed by atoms with van der Waals surface area (Å²) in [5.41, 5.74) is 1.63. The maximum atomic E-state index is 12.5. The van der Waals surface area contributed by atoms with E-state index < -0.39 is 23.9 Å². The second-order valence-electron chi connectivity index (χ2n) is 6.19. The first-order valence-corrected chi connectivity index (χ1v) is 9.47. The van der Waals surface area contributed by atoms with Crippen molar-refractivity contribution in [3.8, 4) is 0 Å². The molecule has 0 saturated heterocycles. The molecule has 1 N–H and O–H groups in total. The van der Waals surface area contributed by atoms with Gasteiger partial charge in [-0.15, -0.1) is 11.3 Å². The minimum Gasteiger partial charge on any atom is -0.465 e. The first-order valence-electron chi connectivity index (χ1n) is 8.66. The third-order valence-electron chi connectivity index (χ3n) is 4.35. The molecule has 1 unspecified atom stereocenters. The van der Waals surface area contributed by atoms with E-state index in [1.165, 1.54) is 31.6 Å². The minimum atomic E-state index is -1.03. The number of rotatable bonds is 5. The van der Waals surface area contributed by atoms with Crippen LogP contribution in [0, 0.1) is 0 Å². The van der Waals surface area contributed by atoms with Crippen molar-refractivity contribution in [3.63, 3.8) is 0 Å². The van der Waals surface area contributed by atoms with Crippen molar-refractivity contribution in [1.29, 1.82) is 0 Å². The Labute approximate surface area is 160 Å². The summed E-state index contributed by atoms with van der Waals surface area (Å²) in [6.45, 7) is 1.48. The summed E-state index contributed by atoms with van der Waals surface area (Å²) in [4.78, 5) is 41.8. The number of nitrogens with zero attached hydrogens (tertiary/aromatic N) is 1. The van der Waals surface area contributed by atoms with E-state index in [1.807, 2.05) is 0 Å². The molecule has 0 aliphatic heterocycles. The number of thiophene rings is 1. The Bertz CT molecular complexity index is 862. The summed E-state index contributed by atoms with van der Waals surface area (Å²) in [7, 11) is 1.32. The highest BCUT2D eigenvalue weighted by atomic mass is 32.1. The van der Waals surface area contributed by atoms with Gasteiger partial charge in [0, 0.05) is 17.3 Å². The van der Waals surface area contributed by atoms with Gasteiger partial charge in [0.15, 0.2) is 6.10 Å². The van der Waals surface area contributed by atoms with Crippen LogP contribution in [0.15, 0.2) is 24.5 Å².